The third kappa shape index (κ3) is 4.43. The van der Waals surface area contributed by atoms with Gasteiger partial charge in [0, 0.05) is 17.3 Å². The minimum atomic E-state index is -2.00. The molecule has 1 aromatic heterocycles. The molecule has 2 aromatic rings. The fourth-order valence-corrected chi connectivity index (χ4v) is 2.29. The smallest absolute Gasteiger partial charge is 0.255 e. The summed E-state index contributed by atoms with van der Waals surface area (Å²) in [6, 6.07) is 6.04. The number of nitrogens with zero attached hydrogens (tertiary/aromatic N) is 2. The minimum absolute atomic E-state index is 0.152. The molecule has 0 aliphatic carbocycles. The van der Waals surface area contributed by atoms with E-state index in [0.29, 0.717) is 5.69 Å². The van der Waals surface area contributed by atoms with Crippen LogP contribution in [0.2, 0.25) is 0 Å². The zero-order chi connectivity index (χ0) is 17.2. The van der Waals surface area contributed by atoms with Crippen LogP contribution in [0.5, 0.6) is 0 Å². The molecule has 9 heteroatoms. The molecule has 1 amide bonds. The molecule has 0 bridgehead atoms. The molecule has 0 aliphatic rings. The highest BCUT2D eigenvalue weighted by Crippen LogP contribution is 2.36. The number of carbonyl (C=O) groups is 1. The molecular formula is C14H11Cl3FN3O2. The highest BCUT2D eigenvalue weighted by Gasteiger charge is 2.36. The number of carbonyl (C=O) groups excluding carboxylic acids is 1. The second-order valence-corrected chi connectivity index (χ2v) is 7.07. The summed E-state index contributed by atoms with van der Waals surface area (Å²) in [5.41, 5.74) is 0.145. The van der Waals surface area contributed by atoms with Crippen LogP contribution in [0.15, 0.2) is 41.5 Å². The summed E-state index contributed by atoms with van der Waals surface area (Å²) in [5.74, 6) is -1.12. The number of aromatic nitrogens is 2. The lowest BCUT2D eigenvalue weighted by molar-refractivity contribution is 0.0919. The molecular weight excluding hydrogens is 368 g/mol. The Morgan fingerprint density at radius 2 is 1.91 bits per heavy atom. The lowest BCUT2D eigenvalue weighted by Gasteiger charge is -2.27. The van der Waals surface area contributed by atoms with Crippen molar-refractivity contribution in [3.05, 3.63) is 64.1 Å². The van der Waals surface area contributed by atoms with Crippen molar-refractivity contribution in [2.75, 3.05) is 0 Å². The van der Waals surface area contributed by atoms with Crippen LogP contribution in [0.4, 0.5) is 4.39 Å². The molecule has 1 heterocycles. The Hall–Kier alpha value is -1.63. The van der Waals surface area contributed by atoms with Gasteiger partial charge in [0.25, 0.3) is 11.5 Å². The van der Waals surface area contributed by atoms with E-state index in [2.05, 4.69) is 10.3 Å². The van der Waals surface area contributed by atoms with Crippen LogP contribution >= 0.6 is 34.8 Å². The van der Waals surface area contributed by atoms with E-state index in [1.54, 1.807) is 6.92 Å². The Balaban J connectivity index is 2.35. The van der Waals surface area contributed by atoms with Gasteiger partial charge in [-0.05, 0) is 31.2 Å². The van der Waals surface area contributed by atoms with Crippen LogP contribution in [-0.2, 0) is 0 Å². The van der Waals surface area contributed by atoms with Crippen LogP contribution < -0.4 is 10.9 Å². The van der Waals surface area contributed by atoms with Crippen LogP contribution in [0.3, 0.4) is 0 Å². The van der Waals surface area contributed by atoms with Gasteiger partial charge in [-0.3, -0.25) is 14.2 Å². The van der Waals surface area contributed by atoms with Gasteiger partial charge in [-0.15, -0.1) is 0 Å². The zero-order valence-corrected chi connectivity index (χ0v) is 14.0. The average Bonchev–Trinajstić information content (AvgIpc) is 2.45. The maximum Gasteiger partial charge on any atom is 0.255 e. The topological polar surface area (TPSA) is 64.0 Å². The zero-order valence-electron chi connectivity index (χ0n) is 11.8. The molecule has 1 aromatic carbocycles. The van der Waals surface area contributed by atoms with E-state index in [1.807, 2.05) is 0 Å². The quantitative estimate of drug-likeness (QED) is 0.835. The molecule has 0 saturated carbocycles. The van der Waals surface area contributed by atoms with Crippen LogP contribution in [0, 0.1) is 12.7 Å². The first kappa shape index (κ1) is 17.7. The summed E-state index contributed by atoms with van der Waals surface area (Å²) in [5, 5.41) is 2.44. The number of benzene rings is 1. The largest absolute Gasteiger partial charge is 0.328 e. The van der Waals surface area contributed by atoms with Crippen molar-refractivity contribution in [3.8, 4) is 0 Å². The Labute approximate surface area is 146 Å². The van der Waals surface area contributed by atoms with E-state index in [0.717, 1.165) is 16.7 Å². The number of alkyl halides is 3. The van der Waals surface area contributed by atoms with Crippen molar-refractivity contribution in [1.82, 2.24) is 14.9 Å². The van der Waals surface area contributed by atoms with Gasteiger partial charge in [0.15, 0.2) is 6.17 Å². The van der Waals surface area contributed by atoms with Crippen molar-refractivity contribution >= 4 is 40.7 Å². The second-order valence-electron chi connectivity index (χ2n) is 4.70. The predicted molar refractivity (Wildman–Crippen MR) is 86.4 cm³/mol. The van der Waals surface area contributed by atoms with Gasteiger partial charge in [-0.1, -0.05) is 34.8 Å². The first-order chi connectivity index (χ1) is 10.7. The van der Waals surface area contributed by atoms with Gasteiger partial charge in [0.05, 0.1) is 6.33 Å². The number of hydrogen-bond acceptors (Lipinski definition) is 3. The number of rotatable bonds is 3. The van der Waals surface area contributed by atoms with E-state index in [-0.39, 0.29) is 5.56 Å². The summed E-state index contributed by atoms with van der Waals surface area (Å²) < 4.78 is 11.9. The van der Waals surface area contributed by atoms with Crippen molar-refractivity contribution in [3.63, 3.8) is 0 Å². The molecule has 1 unspecified atom stereocenters. The van der Waals surface area contributed by atoms with Gasteiger partial charge in [-0.25, -0.2) is 9.37 Å². The normalized spacial score (nSPS) is 12.7. The average molecular weight is 379 g/mol. The van der Waals surface area contributed by atoms with Crippen molar-refractivity contribution in [1.29, 1.82) is 0 Å². The summed E-state index contributed by atoms with van der Waals surface area (Å²) in [4.78, 5) is 28.2. The number of halogens is 4. The number of amides is 1. The first-order valence-electron chi connectivity index (χ1n) is 6.36. The van der Waals surface area contributed by atoms with E-state index in [9.17, 15) is 14.0 Å². The molecule has 0 aliphatic heterocycles. The van der Waals surface area contributed by atoms with Gasteiger partial charge < -0.3 is 5.32 Å². The molecule has 1 atom stereocenters. The van der Waals surface area contributed by atoms with Crippen LogP contribution in [-0.4, -0.2) is 19.3 Å². The van der Waals surface area contributed by atoms with Gasteiger partial charge >= 0.3 is 0 Å². The molecule has 0 saturated heterocycles. The van der Waals surface area contributed by atoms with Gasteiger partial charge in [0.1, 0.15) is 5.82 Å². The van der Waals surface area contributed by atoms with E-state index in [4.69, 9.17) is 34.8 Å². The molecule has 0 spiro atoms. The first-order valence-corrected chi connectivity index (χ1v) is 7.50. The van der Waals surface area contributed by atoms with E-state index in [1.165, 1.54) is 24.5 Å². The highest BCUT2D eigenvalue weighted by molar-refractivity contribution is 6.67. The summed E-state index contributed by atoms with van der Waals surface area (Å²) in [7, 11) is 0. The monoisotopic (exact) mass is 377 g/mol. The van der Waals surface area contributed by atoms with Gasteiger partial charge in [0.2, 0.25) is 3.79 Å². The lowest BCUT2D eigenvalue weighted by atomic mass is 10.2. The summed E-state index contributed by atoms with van der Waals surface area (Å²) in [6.45, 7) is 1.63. The fraction of sp³-hybridized carbons (Fsp3) is 0.214. The van der Waals surface area contributed by atoms with Crippen molar-refractivity contribution in [2.24, 2.45) is 0 Å². The Bertz CT molecular complexity index is 772. The lowest BCUT2D eigenvalue weighted by Crippen LogP contribution is -2.44. The molecule has 2 rings (SSSR count). The predicted octanol–water partition coefficient (Wildman–Crippen LogP) is 2.99. The Morgan fingerprint density at radius 1 is 1.30 bits per heavy atom. The maximum atomic E-state index is 12.9. The van der Waals surface area contributed by atoms with Crippen molar-refractivity contribution in [2.45, 2.75) is 16.9 Å². The third-order valence-electron chi connectivity index (χ3n) is 2.94. The Kier molecular flexibility index (Phi) is 5.29. The number of nitrogens with one attached hydrogen (secondary N) is 1. The fourth-order valence-electron chi connectivity index (χ4n) is 1.81. The molecule has 5 nitrogen and oxygen atoms in total. The minimum Gasteiger partial charge on any atom is -0.328 e. The van der Waals surface area contributed by atoms with Crippen LogP contribution in [0.1, 0.15) is 22.2 Å². The molecule has 1 N–H and O–H groups in total. The SMILES string of the molecule is Cc1cc(=O)n(C(NC(=O)c2ccc(F)cc2)C(Cl)(Cl)Cl)cn1. The molecule has 0 radical (unpaired) electrons. The number of aryl methyl sites for hydroxylation is 1. The number of hydrogen-bond donors (Lipinski definition) is 1. The standard InChI is InChI=1S/C14H11Cl3FN3O2/c1-8-6-11(22)21(7-19-8)13(14(15,16)17)20-12(23)9-2-4-10(18)5-3-9/h2-7,13H,1H3,(H,20,23). The van der Waals surface area contributed by atoms with Crippen molar-refractivity contribution < 1.29 is 9.18 Å². The highest BCUT2D eigenvalue weighted by atomic mass is 35.6. The molecule has 122 valence electrons. The molecule has 0 fully saturated rings. The van der Waals surface area contributed by atoms with E-state index < -0.39 is 27.2 Å². The maximum absolute atomic E-state index is 12.9. The summed E-state index contributed by atoms with van der Waals surface area (Å²) >= 11 is 17.6. The third-order valence-corrected chi connectivity index (χ3v) is 3.56. The summed E-state index contributed by atoms with van der Waals surface area (Å²) in [6.07, 6.45) is -0.111. The van der Waals surface area contributed by atoms with Gasteiger partial charge in [-0.2, -0.15) is 0 Å². The van der Waals surface area contributed by atoms with E-state index >= 15 is 0 Å². The Morgan fingerprint density at radius 3 is 2.43 bits per heavy atom. The molecule has 23 heavy (non-hydrogen) atoms. The van der Waals surface area contributed by atoms with Crippen LogP contribution in [0.25, 0.3) is 0 Å². The second kappa shape index (κ2) is 6.86.